The van der Waals surface area contributed by atoms with Gasteiger partial charge in [-0.1, -0.05) is 6.92 Å². The van der Waals surface area contributed by atoms with Crippen LogP contribution in [0.15, 0.2) is 18.2 Å². The molecule has 0 atom stereocenters. The topological polar surface area (TPSA) is 17.1 Å². The number of carbonyl (C=O) groups excluding carboxylic acids is 1. The third-order valence-electron chi connectivity index (χ3n) is 3.67. The molecule has 0 fully saturated rings. The zero-order valence-corrected chi connectivity index (χ0v) is 12.8. The van der Waals surface area contributed by atoms with Crippen molar-refractivity contribution in [3.8, 4) is 0 Å². The number of hydrogen-bond acceptors (Lipinski definition) is 3. The Balaban J connectivity index is 1.74. The molecule has 0 bridgehead atoms. The van der Waals surface area contributed by atoms with Crippen molar-refractivity contribution < 1.29 is 4.79 Å². The first-order chi connectivity index (χ1) is 9.26. The van der Waals surface area contributed by atoms with E-state index in [1.165, 1.54) is 39.5 Å². The van der Waals surface area contributed by atoms with Gasteiger partial charge < -0.3 is 0 Å². The minimum atomic E-state index is 0.295. The van der Waals surface area contributed by atoms with Crippen LogP contribution >= 0.6 is 22.7 Å². The number of ketones is 1. The molecule has 0 N–H and O–H groups in total. The fourth-order valence-electron chi connectivity index (χ4n) is 2.58. The second kappa shape index (κ2) is 5.59. The molecular weight excluding hydrogens is 272 g/mol. The van der Waals surface area contributed by atoms with Crippen molar-refractivity contribution in [2.24, 2.45) is 0 Å². The molecule has 2 aromatic heterocycles. The quantitative estimate of drug-likeness (QED) is 0.747. The van der Waals surface area contributed by atoms with Crippen LogP contribution in [0.4, 0.5) is 0 Å². The molecule has 0 radical (unpaired) electrons. The largest absolute Gasteiger partial charge is 0.293 e. The Labute approximate surface area is 122 Å². The molecule has 0 spiro atoms. The van der Waals surface area contributed by atoms with E-state index in [1.807, 2.05) is 0 Å². The molecule has 3 rings (SSSR count). The molecule has 3 heteroatoms. The highest BCUT2D eigenvalue weighted by molar-refractivity contribution is 7.14. The average molecular weight is 290 g/mol. The summed E-state index contributed by atoms with van der Waals surface area (Å²) in [7, 11) is 0. The molecule has 0 amide bonds. The summed E-state index contributed by atoms with van der Waals surface area (Å²) in [5, 5.41) is 0. The van der Waals surface area contributed by atoms with Crippen LogP contribution in [0.5, 0.6) is 0 Å². The summed E-state index contributed by atoms with van der Waals surface area (Å²) < 4.78 is 0. The van der Waals surface area contributed by atoms with Crippen molar-refractivity contribution in [1.82, 2.24) is 0 Å². The lowest BCUT2D eigenvalue weighted by Crippen LogP contribution is -1.99. The van der Waals surface area contributed by atoms with Crippen molar-refractivity contribution in [2.45, 2.75) is 45.4 Å². The van der Waals surface area contributed by atoms with Crippen LogP contribution in [0, 0.1) is 0 Å². The third kappa shape index (κ3) is 2.82. The molecule has 2 heterocycles. The van der Waals surface area contributed by atoms with Gasteiger partial charge in [0.05, 0.1) is 4.88 Å². The Morgan fingerprint density at radius 1 is 1.16 bits per heavy atom. The van der Waals surface area contributed by atoms with E-state index in [4.69, 9.17) is 0 Å². The Hall–Kier alpha value is -0.930. The Kier molecular flexibility index (Phi) is 3.85. The molecule has 100 valence electrons. The Morgan fingerprint density at radius 2 is 1.95 bits per heavy atom. The van der Waals surface area contributed by atoms with Gasteiger partial charge in [0.2, 0.25) is 0 Å². The van der Waals surface area contributed by atoms with E-state index in [1.54, 1.807) is 22.7 Å². The zero-order valence-electron chi connectivity index (χ0n) is 11.2. The Bertz CT molecular complexity index is 568. The highest BCUT2D eigenvalue weighted by Gasteiger charge is 2.17. The predicted molar refractivity (Wildman–Crippen MR) is 82.7 cm³/mol. The first-order valence-electron chi connectivity index (χ1n) is 6.98. The zero-order chi connectivity index (χ0) is 13.2. The van der Waals surface area contributed by atoms with E-state index < -0.39 is 0 Å². The minimum absolute atomic E-state index is 0.295. The molecule has 0 unspecified atom stereocenters. The van der Waals surface area contributed by atoms with Gasteiger partial charge in [-0.05, 0) is 55.9 Å². The summed E-state index contributed by atoms with van der Waals surface area (Å²) in [4.78, 5) is 17.3. The normalized spacial score (nSPS) is 14.4. The smallest absolute Gasteiger partial charge is 0.177 e. The van der Waals surface area contributed by atoms with Gasteiger partial charge in [0.15, 0.2) is 5.78 Å². The fourth-order valence-corrected chi connectivity index (χ4v) is 4.73. The second-order valence-corrected chi connectivity index (χ2v) is 7.48. The summed E-state index contributed by atoms with van der Waals surface area (Å²) in [6.07, 6.45) is 6.54. The average Bonchev–Trinajstić information content (AvgIpc) is 3.04. The lowest BCUT2D eigenvalue weighted by atomic mass is 9.99. The van der Waals surface area contributed by atoms with Gasteiger partial charge in [0, 0.05) is 21.1 Å². The Morgan fingerprint density at radius 3 is 2.68 bits per heavy atom. The monoisotopic (exact) mass is 290 g/mol. The lowest BCUT2D eigenvalue weighted by Gasteiger charge is -2.08. The summed E-state index contributed by atoms with van der Waals surface area (Å²) in [6.45, 7) is 2.16. The maximum Gasteiger partial charge on any atom is 0.177 e. The van der Waals surface area contributed by atoms with Crippen LogP contribution in [0.2, 0.25) is 0 Å². The third-order valence-corrected chi connectivity index (χ3v) is 6.18. The van der Waals surface area contributed by atoms with Crippen molar-refractivity contribution >= 4 is 28.5 Å². The molecule has 2 aromatic rings. The van der Waals surface area contributed by atoms with Crippen LogP contribution in [0.3, 0.4) is 0 Å². The molecule has 0 aliphatic heterocycles. The number of carbonyl (C=O) groups is 1. The van der Waals surface area contributed by atoms with Crippen molar-refractivity contribution in [2.75, 3.05) is 0 Å². The van der Waals surface area contributed by atoms with Gasteiger partial charge in [-0.15, -0.1) is 22.7 Å². The second-order valence-electron chi connectivity index (χ2n) is 5.09. The van der Waals surface area contributed by atoms with Gasteiger partial charge >= 0.3 is 0 Å². The summed E-state index contributed by atoms with van der Waals surface area (Å²) in [5.41, 5.74) is 1.43. The fraction of sp³-hybridized carbons (Fsp3) is 0.438. The van der Waals surface area contributed by atoms with Crippen LogP contribution in [0.25, 0.3) is 0 Å². The molecule has 1 aliphatic rings. The molecule has 1 nitrogen and oxygen atoms in total. The SMILES string of the molecule is CCc1ccc(CC(=O)c2cc3c(s2)CCCC3)s1. The number of aryl methyl sites for hydroxylation is 3. The van der Waals surface area contributed by atoms with Gasteiger partial charge in [-0.25, -0.2) is 0 Å². The van der Waals surface area contributed by atoms with Crippen LogP contribution in [-0.2, 0) is 25.7 Å². The van der Waals surface area contributed by atoms with E-state index in [9.17, 15) is 4.79 Å². The number of rotatable bonds is 4. The highest BCUT2D eigenvalue weighted by Crippen LogP contribution is 2.30. The summed E-state index contributed by atoms with van der Waals surface area (Å²) in [5.74, 6) is 0.295. The summed E-state index contributed by atoms with van der Waals surface area (Å²) in [6, 6.07) is 6.40. The van der Waals surface area contributed by atoms with E-state index in [0.29, 0.717) is 12.2 Å². The van der Waals surface area contributed by atoms with Crippen molar-refractivity contribution in [1.29, 1.82) is 0 Å². The minimum Gasteiger partial charge on any atom is -0.293 e. The predicted octanol–water partition coefficient (Wildman–Crippen LogP) is 4.68. The van der Waals surface area contributed by atoms with Crippen LogP contribution in [-0.4, -0.2) is 5.78 Å². The van der Waals surface area contributed by atoms with Gasteiger partial charge in [0.1, 0.15) is 0 Å². The van der Waals surface area contributed by atoms with Crippen molar-refractivity contribution in [3.63, 3.8) is 0 Å². The van der Waals surface area contributed by atoms with Crippen LogP contribution < -0.4 is 0 Å². The van der Waals surface area contributed by atoms with E-state index in [2.05, 4.69) is 25.1 Å². The molecule has 0 saturated heterocycles. The molecule has 1 aliphatic carbocycles. The van der Waals surface area contributed by atoms with Crippen LogP contribution in [0.1, 0.15) is 49.6 Å². The first-order valence-corrected chi connectivity index (χ1v) is 8.62. The van der Waals surface area contributed by atoms with E-state index >= 15 is 0 Å². The number of thiophene rings is 2. The van der Waals surface area contributed by atoms with E-state index in [0.717, 1.165) is 17.7 Å². The molecule has 19 heavy (non-hydrogen) atoms. The van der Waals surface area contributed by atoms with Gasteiger partial charge in [0.25, 0.3) is 0 Å². The van der Waals surface area contributed by atoms with Gasteiger partial charge in [-0.3, -0.25) is 4.79 Å². The number of hydrogen-bond donors (Lipinski definition) is 0. The maximum absolute atomic E-state index is 12.3. The van der Waals surface area contributed by atoms with Gasteiger partial charge in [-0.2, -0.15) is 0 Å². The molecular formula is C16H18OS2. The number of fused-ring (bicyclic) bond motifs is 1. The van der Waals surface area contributed by atoms with E-state index in [-0.39, 0.29) is 0 Å². The summed E-state index contributed by atoms with van der Waals surface area (Å²) >= 11 is 3.50. The molecule has 0 saturated carbocycles. The standard InChI is InChI=1S/C16H18OS2/c1-2-12-7-8-13(18-12)10-14(17)16-9-11-5-3-4-6-15(11)19-16/h7-9H,2-6,10H2,1H3. The number of Topliss-reactive ketones (excluding diaryl/α,β-unsaturated/α-hetero) is 1. The highest BCUT2D eigenvalue weighted by atomic mass is 32.1. The first kappa shape index (κ1) is 13.1. The lowest BCUT2D eigenvalue weighted by molar-refractivity contribution is 0.0997. The van der Waals surface area contributed by atoms with Crippen molar-refractivity contribution in [3.05, 3.63) is 43.3 Å². The molecule has 0 aromatic carbocycles. The maximum atomic E-state index is 12.3.